The number of rotatable bonds is 4. The Labute approximate surface area is 244 Å². The van der Waals surface area contributed by atoms with Crippen LogP contribution in [0, 0.1) is 0 Å². The van der Waals surface area contributed by atoms with E-state index >= 15 is 0 Å². The largest absolute Gasteiger partial charge is 0.265 e. The van der Waals surface area contributed by atoms with Crippen LogP contribution in [0.2, 0.25) is 0 Å². The molecule has 0 spiro atoms. The Hall–Kier alpha value is -5.60. The second-order valence-corrected chi connectivity index (χ2v) is 10.7. The molecule has 0 amide bonds. The molecular weight excluding hydrogens is 508 g/mol. The molecule has 0 bridgehead atoms. The Morgan fingerprint density at radius 1 is 0.357 bits per heavy atom. The van der Waals surface area contributed by atoms with Crippen LogP contribution in [-0.2, 0) is 0 Å². The second-order valence-electron chi connectivity index (χ2n) is 10.7. The van der Waals surface area contributed by atoms with Crippen LogP contribution in [0.25, 0.3) is 77.0 Å². The molecule has 8 aromatic rings. The number of hydrogen-bond acceptors (Lipinski definition) is 2. The molecular formula is C40H26N2. The van der Waals surface area contributed by atoms with E-state index < -0.39 is 0 Å². The zero-order chi connectivity index (χ0) is 27.9. The van der Waals surface area contributed by atoms with Crippen molar-refractivity contribution in [2.75, 3.05) is 0 Å². The molecule has 2 nitrogen and oxygen atoms in total. The molecule has 0 saturated heterocycles. The Morgan fingerprint density at radius 2 is 0.905 bits per heavy atom. The maximum atomic E-state index is 4.74. The number of aromatic nitrogens is 2. The predicted octanol–water partition coefficient (Wildman–Crippen LogP) is 10.6. The van der Waals surface area contributed by atoms with Crippen molar-refractivity contribution in [1.82, 2.24) is 9.97 Å². The SMILES string of the molecule is c1ccc(-c2c3ccccc3c(-c3ccc4ccc(-c5ccc(-c6ccncc6)nc5)cc4c3)c3ccccc23)cc1. The van der Waals surface area contributed by atoms with Gasteiger partial charge in [0, 0.05) is 29.7 Å². The van der Waals surface area contributed by atoms with Crippen LogP contribution in [0.1, 0.15) is 0 Å². The summed E-state index contributed by atoms with van der Waals surface area (Å²) in [4.78, 5) is 8.86. The summed E-state index contributed by atoms with van der Waals surface area (Å²) in [5, 5.41) is 7.50. The lowest BCUT2D eigenvalue weighted by atomic mass is 9.85. The van der Waals surface area contributed by atoms with E-state index in [4.69, 9.17) is 4.98 Å². The summed E-state index contributed by atoms with van der Waals surface area (Å²) in [5.74, 6) is 0. The van der Waals surface area contributed by atoms with Crippen molar-refractivity contribution in [3.8, 4) is 44.6 Å². The summed E-state index contributed by atoms with van der Waals surface area (Å²) >= 11 is 0. The van der Waals surface area contributed by atoms with E-state index in [0.29, 0.717) is 0 Å². The van der Waals surface area contributed by atoms with Gasteiger partial charge < -0.3 is 0 Å². The van der Waals surface area contributed by atoms with Gasteiger partial charge in [0.05, 0.1) is 5.69 Å². The highest BCUT2D eigenvalue weighted by Crippen LogP contribution is 2.44. The molecule has 0 fully saturated rings. The maximum Gasteiger partial charge on any atom is 0.0703 e. The van der Waals surface area contributed by atoms with Crippen molar-refractivity contribution in [1.29, 1.82) is 0 Å². The summed E-state index contributed by atoms with van der Waals surface area (Å²) in [5.41, 5.74) is 9.29. The third-order valence-corrected chi connectivity index (χ3v) is 8.20. The highest BCUT2D eigenvalue weighted by atomic mass is 14.7. The molecule has 0 N–H and O–H groups in total. The third-order valence-electron chi connectivity index (χ3n) is 8.20. The highest BCUT2D eigenvalue weighted by molar-refractivity contribution is 6.21. The molecule has 0 unspecified atom stereocenters. The Morgan fingerprint density at radius 3 is 1.52 bits per heavy atom. The second kappa shape index (κ2) is 10.1. The summed E-state index contributed by atoms with van der Waals surface area (Å²) in [6, 6.07) is 50.1. The van der Waals surface area contributed by atoms with E-state index in [9.17, 15) is 0 Å². The summed E-state index contributed by atoms with van der Waals surface area (Å²) in [6.07, 6.45) is 5.56. The molecule has 6 aromatic carbocycles. The average Bonchev–Trinajstić information content (AvgIpc) is 3.07. The first kappa shape index (κ1) is 24.2. The van der Waals surface area contributed by atoms with Crippen molar-refractivity contribution < 1.29 is 0 Å². The van der Waals surface area contributed by atoms with E-state index in [-0.39, 0.29) is 0 Å². The first-order chi connectivity index (χ1) is 20.8. The van der Waals surface area contributed by atoms with Crippen molar-refractivity contribution in [2.45, 2.75) is 0 Å². The minimum Gasteiger partial charge on any atom is -0.265 e. The molecule has 0 atom stereocenters. The van der Waals surface area contributed by atoms with Crippen LogP contribution in [0.3, 0.4) is 0 Å². The average molecular weight is 535 g/mol. The Balaban J connectivity index is 1.29. The van der Waals surface area contributed by atoms with Gasteiger partial charge in [0.25, 0.3) is 0 Å². The zero-order valence-electron chi connectivity index (χ0n) is 22.9. The zero-order valence-corrected chi connectivity index (χ0v) is 22.9. The third kappa shape index (κ3) is 4.13. The molecule has 0 radical (unpaired) electrons. The van der Waals surface area contributed by atoms with Gasteiger partial charge in [-0.3, -0.25) is 9.97 Å². The van der Waals surface area contributed by atoms with Crippen molar-refractivity contribution >= 4 is 32.3 Å². The Bertz CT molecular complexity index is 2160. The molecule has 2 heterocycles. The minimum absolute atomic E-state index is 0.946. The minimum atomic E-state index is 0.946. The monoisotopic (exact) mass is 534 g/mol. The van der Waals surface area contributed by atoms with E-state index in [1.54, 1.807) is 12.4 Å². The quantitative estimate of drug-likeness (QED) is 0.210. The summed E-state index contributed by atoms with van der Waals surface area (Å²) in [7, 11) is 0. The van der Waals surface area contributed by atoms with Gasteiger partial charge in [0.15, 0.2) is 0 Å². The molecule has 2 heteroatoms. The fraction of sp³-hybridized carbons (Fsp3) is 0. The van der Waals surface area contributed by atoms with Gasteiger partial charge in [-0.25, -0.2) is 0 Å². The van der Waals surface area contributed by atoms with Crippen LogP contribution in [0.4, 0.5) is 0 Å². The van der Waals surface area contributed by atoms with Crippen molar-refractivity contribution in [3.05, 3.63) is 158 Å². The molecule has 42 heavy (non-hydrogen) atoms. The van der Waals surface area contributed by atoms with Crippen LogP contribution < -0.4 is 0 Å². The lowest BCUT2D eigenvalue weighted by Crippen LogP contribution is -1.91. The molecule has 2 aromatic heterocycles. The summed E-state index contributed by atoms with van der Waals surface area (Å²) < 4.78 is 0. The number of nitrogens with zero attached hydrogens (tertiary/aromatic N) is 2. The van der Waals surface area contributed by atoms with Gasteiger partial charge in [0.1, 0.15) is 0 Å². The van der Waals surface area contributed by atoms with Crippen LogP contribution in [0.5, 0.6) is 0 Å². The van der Waals surface area contributed by atoms with E-state index in [1.165, 1.54) is 54.6 Å². The highest BCUT2D eigenvalue weighted by Gasteiger charge is 2.16. The number of hydrogen-bond donors (Lipinski definition) is 0. The first-order valence-electron chi connectivity index (χ1n) is 14.2. The van der Waals surface area contributed by atoms with Gasteiger partial charge in [-0.15, -0.1) is 0 Å². The number of fused-ring (bicyclic) bond motifs is 3. The molecule has 0 aliphatic carbocycles. The van der Waals surface area contributed by atoms with Crippen LogP contribution in [0.15, 0.2) is 158 Å². The molecule has 196 valence electrons. The van der Waals surface area contributed by atoms with Gasteiger partial charge in [0.2, 0.25) is 0 Å². The number of benzene rings is 6. The van der Waals surface area contributed by atoms with Gasteiger partial charge in [-0.05, 0) is 90.5 Å². The van der Waals surface area contributed by atoms with Gasteiger partial charge in [-0.2, -0.15) is 0 Å². The number of pyridine rings is 2. The van der Waals surface area contributed by atoms with Crippen molar-refractivity contribution in [2.24, 2.45) is 0 Å². The summed E-state index contributed by atoms with van der Waals surface area (Å²) in [6.45, 7) is 0. The molecule has 8 rings (SSSR count). The van der Waals surface area contributed by atoms with Crippen molar-refractivity contribution in [3.63, 3.8) is 0 Å². The maximum absolute atomic E-state index is 4.74. The smallest absolute Gasteiger partial charge is 0.0703 e. The predicted molar refractivity (Wildman–Crippen MR) is 176 cm³/mol. The van der Waals surface area contributed by atoms with Crippen LogP contribution >= 0.6 is 0 Å². The fourth-order valence-corrected chi connectivity index (χ4v) is 6.20. The molecule has 0 saturated carbocycles. The van der Waals surface area contributed by atoms with E-state index in [1.807, 2.05) is 18.3 Å². The van der Waals surface area contributed by atoms with Gasteiger partial charge >= 0.3 is 0 Å². The fourth-order valence-electron chi connectivity index (χ4n) is 6.20. The molecule has 0 aliphatic rings. The topological polar surface area (TPSA) is 25.8 Å². The van der Waals surface area contributed by atoms with E-state index in [2.05, 4.69) is 132 Å². The van der Waals surface area contributed by atoms with E-state index in [0.717, 1.165) is 22.4 Å². The normalized spacial score (nSPS) is 11.3. The first-order valence-corrected chi connectivity index (χ1v) is 14.2. The molecule has 0 aliphatic heterocycles. The Kier molecular flexibility index (Phi) is 5.82. The standard InChI is InChI=1S/C40H26N2/c1-2-8-29(9-3-1)39-34-10-4-6-12-36(34)40(37-13-7-5-11-35(37)39)31-17-15-27-14-16-30(24-33(27)25-31)32-18-19-38(42-26-32)28-20-22-41-23-21-28/h1-26H. The lowest BCUT2D eigenvalue weighted by Gasteiger charge is -2.18. The van der Waals surface area contributed by atoms with Gasteiger partial charge in [-0.1, -0.05) is 109 Å². The lowest BCUT2D eigenvalue weighted by molar-refractivity contribution is 1.29. The van der Waals surface area contributed by atoms with Crippen LogP contribution in [-0.4, -0.2) is 9.97 Å².